The van der Waals surface area contributed by atoms with Gasteiger partial charge in [0.1, 0.15) is 5.75 Å². The Morgan fingerprint density at radius 1 is 1.13 bits per heavy atom. The van der Waals surface area contributed by atoms with E-state index in [2.05, 4.69) is 15.3 Å². The Kier molecular flexibility index (Phi) is 7.68. The number of rotatable bonds is 9. The number of carbonyl (C=O) groups excluding carboxylic acids is 1. The molecule has 1 amide bonds. The van der Waals surface area contributed by atoms with E-state index in [1.54, 1.807) is 13.0 Å². The molecule has 0 unspecified atom stereocenters. The first-order valence-corrected chi connectivity index (χ1v) is 10.8. The lowest BCUT2D eigenvalue weighted by molar-refractivity contribution is -0.116. The molecule has 0 aliphatic rings. The number of nitrogens with one attached hydrogen (secondary N) is 2. The van der Waals surface area contributed by atoms with Crippen LogP contribution in [-0.2, 0) is 17.0 Å². The maximum Gasteiger partial charge on any atom is 0.254 e. The third-order valence-electron chi connectivity index (χ3n) is 4.48. The molecule has 2 N–H and O–H groups in total. The maximum atomic E-state index is 12.5. The van der Waals surface area contributed by atoms with E-state index in [-0.39, 0.29) is 17.9 Å². The van der Waals surface area contributed by atoms with Gasteiger partial charge in [0.2, 0.25) is 5.91 Å². The van der Waals surface area contributed by atoms with Crippen molar-refractivity contribution in [3.63, 3.8) is 0 Å². The van der Waals surface area contributed by atoms with Gasteiger partial charge in [-0.1, -0.05) is 54.2 Å². The number of amides is 1. The maximum absolute atomic E-state index is 12.5. The smallest absolute Gasteiger partial charge is 0.254 e. The molecule has 0 radical (unpaired) electrons. The summed E-state index contributed by atoms with van der Waals surface area (Å²) in [6.45, 7) is 4.21. The van der Waals surface area contributed by atoms with E-state index >= 15 is 0 Å². The summed E-state index contributed by atoms with van der Waals surface area (Å²) in [5.74, 6) is 1.18. The molecule has 30 heavy (non-hydrogen) atoms. The van der Waals surface area contributed by atoms with Gasteiger partial charge in [0, 0.05) is 23.4 Å². The number of thioether (sulfide) groups is 1. The van der Waals surface area contributed by atoms with Crippen molar-refractivity contribution in [1.29, 1.82) is 0 Å². The lowest BCUT2D eigenvalue weighted by Gasteiger charge is -2.11. The minimum atomic E-state index is -0.194. The van der Waals surface area contributed by atoms with E-state index in [9.17, 15) is 9.59 Å². The summed E-state index contributed by atoms with van der Waals surface area (Å²) in [7, 11) is 0. The first-order chi connectivity index (χ1) is 14.6. The molecule has 0 saturated heterocycles. The number of aromatic nitrogens is 2. The van der Waals surface area contributed by atoms with Crippen LogP contribution in [0.4, 0.5) is 5.69 Å². The summed E-state index contributed by atoms with van der Waals surface area (Å²) in [6.07, 6.45) is 0.503. The van der Waals surface area contributed by atoms with Gasteiger partial charge < -0.3 is 15.0 Å². The van der Waals surface area contributed by atoms with Crippen LogP contribution in [0.1, 0.15) is 30.2 Å². The second kappa shape index (κ2) is 10.6. The van der Waals surface area contributed by atoms with Crippen molar-refractivity contribution >= 4 is 23.4 Å². The highest BCUT2D eigenvalue weighted by Gasteiger charge is 2.12. The number of nitrogens with zero attached hydrogens (tertiary/aromatic N) is 1. The second-order valence-electron chi connectivity index (χ2n) is 6.69. The van der Waals surface area contributed by atoms with Crippen molar-refractivity contribution in [2.45, 2.75) is 37.6 Å². The summed E-state index contributed by atoms with van der Waals surface area (Å²) >= 11 is 1.48. The molecule has 3 aromatic rings. The minimum absolute atomic E-state index is 0.177. The van der Waals surface area contributed by atoms with E-state index in [1.165, 1.54) is 11.8 Å². The molecule has 0 spiro atoms. The number of aryl methyl sites for hydroxylation is 1. The average Bonchev–Trinajstić information content (AvgIpc) is 2.74. The highest BCUT2D eigenvalue weighted by molar-refractivity contribution is 7.98. The van der Waals surface area contributed by atoms with Gasteiger partial charge in [-0.05, 0) is 38.0 Å². The van der Waals surface area contributed by atoms with E-state index < -0.39 is 0 Å². The summed E-state index contributed by atoms with van der Waals surface area (Å²) < 4.78 is 5.52. The summed E-state index contributed by atoms with van der Waals surface area (Å²) in [5, 5.41) is 3.44. The van der Waals surface area contributed by atoms with Crippen molar-refractivity contribution in [2.75, 3.05) is 11.9 Å². The Bertz CT molecular complexity index is 1050. The number of carbonyl (C=O) groups is 1. The van der Waals surface area contributed by atoms with Crippen LogP contribution < -0.4 is 15.6 Å². The molecule has 6 nitrogen and oxygen atoms in total. The molecule has 0 saturated carbocycles. The highest BCUT2D eigenvalue weighted by atomic mass is 32.2. The number of H-pyrrole nitrogens is 1. The lowest BCUT2D eigenvalue weighted by atomic mass is 10.1. The quantitative estimate of drug-likeness (QED) is 0.395. The summed E-state index contributed by atoms with van der Waals surface area (Å²) in [6, 6.07) is 17.3. The molecule has 1 heterocycles. The molecule has 156 valence electrons. The Morgan fingerprint density at radius 2 is 1.87 bits per heavy atom. The van der Waals surface area contributed by atoms with E-state index in [0.717, 1.165) is 11.3 Å². The predicted octanol–water partition coefficient (Wildman–Crippen LogP) is 4.34. The Morgan fingerprint density at radius 3 is 2.60 bits per heavy atom. The van der Waals surface area contributed by atoms with Crippen LogP contribution >= 0.6 is 11.8 Å². The van der Waals surface area contributed by atoms with Gasteiger partial charge in [-0.25, -0.2) is 4.98 Å². The van der Waals surface area contributed by atoms with Crippen LogP contribution in [0.15, 0.2) is 64.5 Å². The van der Waals surface area contributed by atoms with Crippen LogP contribution in [0.5, 0.6) is 5.75 Å². The zero-order valence-corrected chi connectivity index (χ0v) is 17.9. The van der Waals surface area contributed by atoms with Crippen molar-refractivity contribution in [3.8, 4) is 5.75 Å². The predicted molar refractivity (Wildman–Crippen MR) is 120 cm³/mol. The number of para-hydroxylation sites is 2. The third-order valence-corrected chi connectivity index (χ3v) is 5.43. The van der Waals surface area contributed by atoms with Crippen LogP contribution in [0.25, 0.3) is 0 Å². The van der Waals surface area contributed by atoms with Gasteiger partial charge in [-0.3, -0.25) is 9.59 Å². The van der Waals surface area contributed by atoms with E-state index in [0.29, 0.717) is 40.9 Å². The topological polar surface area (TPSA) is 84.1 Å². The van der Waals surface area contributed by atoms with Crippen LogP contribution in [0.2, 0.25) is 0 Å². The molecule has 3 rings (SSSR count). The van der Waals surface area contributed by atoms with Gasteiger partial charge >= 0.3 is 0 Å². The summed E-state index contributed by atoms with van der Waals surface area (Å²) in [5.41, 5.74) is 2.78. The fourth-order valence-electron chi connectivity index (χ4n) is 2.98. The number of ether oxygens (including phenoxy) is 1. The average molecular weight is 424 g/mol. The standard InChI is InChI=1S/C23H25N3O3S/c1-3-29-20-12-8-7-11-19(20)25-21(27)14-13-18-16(2)24-23(26-22(18)28)30-15-17-9-5-4-6-10-17/h4-12H,3,13-15H2,1-2H3,(H,25,27)(H,24,26,28). The van der Waals surface area contributed by atoms with Gasteiger partial charge in [0.05, 0.1) is 12.3 Å². The zero-order valence-electron chi connectivity index (χ0n) is 17.1. The second-order valence-corrected chi connectivity index (χ2v) is 7.65. The Balaban J connectivity index is 1.60. The molecule has 0 aliphatic carbocycles. The van der Waals surface area contributed by atoms with Crippen molar-refractivity contribution in [2.24, 2.45) is 0 Å². The molecule has 1 aromatic heterocycles. The minimum Gasteiger partial charge on any atom is -0.492 e. The van der Waals surface area contributed by atoms with Gasteiger partial charge in [0.25, 0.3) is 5.56 Å². The summed E-state index contributed by atoms with van der Waals surface area (Å²) in [4.78, 5) is 32.2. The molecule has 7 heteroatoms. The van der Waals surface area contributed by atoms with Crippen molar-refractivity contribution in [1.82, 2.24) is 9.97 Å². The number of aromatic amines is 1. The number of anilines is 1. The Labute approximate surface area is 180 Å². The highest BCUT2D eigenvalue weighted by Crippen LogP contribution is 2.24. The third kappa shape index (κ3) is 5.97. The number of benzene rings is 2. The molecule has 2 aromatic carbocycles. The SMILES string of the molecule is CCOc1ccccc1NC(=O)CCc1c(C)nc(SCc2ccccc2)[nH]c1=O. The normalized spacial score (nSPS) is 10.6. The molecule has 0 aliphatic heterocycles. The monoisotopic (exact) mass is 423 g/mol. The van der Waals surface area contributed by atoms with Gasteiger partial charge in [-0.2, -0.15) is 0 Å². The van der Waals surface area contributed by atoms with Crippen LogP contribution in [0.3, 0.4) is 0 Å². The number of hydrogen-bond acceptors (Lipinski definition) is 5. The lowest BCUT2D eigenvalue weighted by Crippen LogP contribution is -2.20. The fourth-order valence-corrected chi connectivity index (χ4v) is 3.84. The first-order valence-electron chi connectivity index (χ1n) is 9.85. The zero-order chi connectivity index (χ0) is 21.3. The van der Waals surface area contributed by atoms with Gasteiger partial charge in [0.15, 0.2) is 5.16 Å². The van der Waals surface area contributed by atoms with Crippen molar-refractivity contribution in [3.05, 3.63) is 81.8 Å². The van der Waals surface area contributed by atoms with E-state index in [4.69, 9.17) is 4.74 Å². The molecule has 0 fully saturated rings. The first kappa shape index (κ1) is 21.6. The fraction of sp³-hybridized carbons (Fsp3) is 0.261. The van der Waals surface area contributed by atoms with Crippen molar-refractivity contribution < 1.29 is 9.53 Å². The molecular formula is C23H25N3O3S. The van der Waals surface area contributed by atoms with E-state index in [1.807, 2.05) is 55.5 Å². The molecule has 0 bridgehead atoms. The van der Waals surface area contributed by atoms with Gasteiger partial charge in [-0.15, -0.1) is 0 Å². The Hall–Kier alpha value is -3.06. The van der Waals surface area contributed by atoms with Crippen LogP contribution in [0, 0.1) is 6.92 Å². The molecule has 0 atom stereocenters. The largest absolute Gasteiger partial charge is 0.492 e. The molecular weight excluding hydrogens is 398 g/mol. The number of hydrogen-bond donors (Lipinski definition) is 2. The van der Waals surface area contributed by atoms with Crippen LogP contribution in [-0.4, -0.2) is 22.5 Å².